The Morgan fingerprint density at radius 1 is 1.27 bits per heavy atom. The summed E-state index contributed by atoms with van der Waals surface area (Å²) in [5.41, 5.74) is 0.454. The number of rotatable bonds is 5. The smallest absolute Gasteiger partial charge is 0.526 e. The highest BCUT2D eigenvalue weighted by Crippen LogP contribution is 2.65. The van der Waals surface area contributed by atoms with Crippen molar-refractivity contribution in [3.05, 3.63) is 51.4 Å². The van der Waals surface area contributed by atoms with E-state index in [0.717, 1.165) is 5.56 Å². The molecule has 1 aliphatic carbocycles. The van der Waals surface area contributed by atoms with Gasteiger partial charge >= 0.3 is 13.1 Å². The van der Waals surface area contributed by atoms with Crippen LogP contribution in [0.1, 0.15) is 34.5 Å². The minimum Gasteiger partial charge on any atom is -0.535 e. The summed E-state index contributed by atoms with van der Waals surface area (Å²) in [5.74, 6) is -1.25. The zero-order valence-electron chi connectivity index (χ0n) is 18.1. The number of carbonyl (C=O) groups excluding carboxylic acids is 1. The molecule has 1 saturated carbocycles. The molecule has 3 atom stereocenters. The highest BCUT2D eigenvalue weighted by Gasteiger charge is 2.60. The first-order valence-electron chi connectivity index (χ1n) is 10.8. The van der Waals surface area contributed by atoms with Gasteiger partial charge in [0.1, 0.15) is 29.7 Å². The van der Waals surface area contributed by atoms with Gasteiger partial charge < -0.3 is 34.1 Å². The van der Waals surface area contributed by atoms with Gasteiger partial charge in [-0.3, -0.25) is 9.59 Å². The van der Waals surface area contributed by atoms with Gasteiger partial charge in [0.05, 0.1) is 18.8 Å². The average molecular weight is 454 g/mol. The lowest BCUT2D eigenvalue weighted by Gasteiger charge is -2.39. The van der Waals surface area contributed by atoms with Crippen LogP contribution in [0.5, 0.6) is 17.2 Å². The van der Waals surface area contributed by atoms with E-state index in [9.17, 15) is 29.6 Å². The molecule has 0 bridgehead atoms. The van der Waals surface area contributed by atoms with E-state index in [1.54, 1.807) is 24.0 Å². The normalized spacial score (nSPS) is 23.2. The van der Waals surface area contributed by atoms with Crippen LogP contribution in [0.2, 0.25) is 5.82 Å². The third kappa shape index (κ3) is 3.43. The van der Waals surface area contributed by atoms with Gasteiger partial charge in [-0.25, -0.2) is 4.79 Å². The molecule has 3 N–H and O–H groups in total. The van der Waals surface area contributed by atoms with Crippen LogP contribution in [0.25, 0.3) is 0 Å². The van der Waals surface area contributed by atoms with E-state index in [1.807, 2.05) is 6.92 Å². The number of nitrogens with zero attached hydrogens (tertiary/aromatic N) is 2. The zero-order chi connectivity index (χ0) is 23.6. The Morgan fingerprint density at radius 3 is 2.70 bits per heavy atom. The van der Waals surface area contributed by atoms with E-state index in [4.69, 9.17) is 9.39 Å². The molecule has 33 heavy (non-hydrogen) atoms. The van der Waals surface area contributed by atoms with Crippen LogP contribution in [-0.4, -0.2) is 62.9 Å². The number of benzene rings is 1. The lowest BCUT2D eigenvalue weighted by atomic mass is 9.76. The van der Waals surface area contributed by atoms with E-state index >= 15 is 0 Å². The number of pyridine rings is 1. The Morgan fingerprint density at radius 2 is 2.00 bits per heavy atom. The van der Waals surface area contributed by atoms with Crippen molar-refractivity contribution in [2.75, 3.05) is 13.1 Å². The molecule has 1 aromatic heterocycles. The lowest BCUT2D eigenvalue weighted by molar-refractivity contribution is -0.140. The molecule has 5 rings (SSSR count). The second-order valence-corrected chi connectivity index (χ2v) is 8.91. The molecule has 0 spiro atoms. The SMILES string of the molecule is Cc1c(O)c(=O)ccn1CC(=O)N1CC(Oc2ccc3c(c2C(=O)O)OB(O)C2C3[C@@H]2C)C1. The van der Waals surface area contributed by atoms with Crippen molar-refractivity contribution < 1.29 is 34.2 Å². The van der Waals surface area contributed by atoms with Gasteiger partial charge in [-0.05, 0) is 30.4 Å². The number of aromatic carboxylic acids is 1. The van der Waals surface area contributed by atoms with E-state index in [-0.39, 0.29) is 66.0 Å². The van der Waals surface area contributed by atoms with Gasteiger partial charge in [0, 0.05) is 18.1 Å². The Balaban J connectivity index is 1.27. The number of carboxylic acids is 1. The Kier molecular flexibility index (Phi) is 4.89. The first kappa shape index (κ1) is 21.4. The lowest BCUT2D eigenvalue weighted by Crippen LogP contribution is -2.57. The number of ether oxygens (including phenoxy) is 1. The second kappa shape index (κ2) is 7.55. The number of hydrogen-bond donors (Lipinski definition) is 3. The maximum Gasteiger partial charge on any atom is 0.526 e. The number of carbonyl (C=O) groups is 2. The summed E-state index contributed by atoms with van der Waals surface area (Å²) in [4.78, 5) is 37.6. The van der Waals surface area contributed by atoms with Crippen LogP contribution in [0.3, 0.4) is 0 Å². The fourth-order valence-corrected chi connectivity index (χ4v) is 4.87. The number of hydrogen-bond acceptors (Lipinski definition) is 7. The van der Waals surface area contributed by atoms with E-state index in [2.05, 4.69) is 0 Å². The Hall–Kier alpha value is -3.47. The molecular weight excluding hydrogens is 431 g/mol. The Labute approximate surface area is 189 Å². The predicted octanol–water partition coefficient (Wildman–Crippen LogP) is 0.827. The fourth-order valence-electron chi connectivity index (χ4n) is 4.87. The number of aromatic nitrogens is 1. The maximum absolute atomic E-state index is 12.6. The third-order valence-corrected chi connectivity index (χ3v) is 6.95. The standard InChI is InChI=1S/C22H23BN2O8/c1-10-17-13-3-4-15(18(22(29)30)21(13)33-23(31)19(10)17)32-12-7-25(8-12)16(27)9-24-6-5-14(26)20(28)11(24)2/h3-6,10,12,17,19,28,31H,7-9H2,1-2H3,(H,29,30)/t10-,17?,19?/m0/s1. The van der Waals surface area contributed by atoms with Crippen molar-refractivity contribution in [3.8, 4) is 17.2 Å². The van der Waals surface area contributed by atoms with Crippen molar-refractivity contribution in [1.82, 2.24) is 9.47 Å². The van der Waals surface area contributed by atoms with Gasteiger partial charge in [0.15, 0.2) is 5.75 Å². The van der Waals surface area contributed by atoms with Gasteiger partial charge in [0.2, 0.25) is 11.3 Å². The number of aromatic hydroxyl groups is 1. The summed E-state index contributed by atoms with van der Waals surface area (Å²) in [6, 6.07) is 4.60. The average Bonchev–Trinajstić information content (AvgIpc) is 3.42. The van der Waals surface area contributed by atoms with Crippen molar-refractivity contribution >= 4 is 19.0 Å². The van der Waals surface area contributed by atoms with Crippen LogP contribution in [0.4, 0.5) is 0 Å². The first-order valence-corrected chi connectivity index (χ1v) is 10.8. The van der Waals surface area contributed by atoms with Gasteiger partial charge in [-0.1, -0.05) is 13.0 Å². The van der Waals surface area contributed by atoms with Gasteiger partial charge in [0.25, 0.3) is 0 Å². The molecular formula is C22H23BN2O8. The fraction of sp³-hybridized carbons (Fsp3) is 0.409. The molecule has 10 nitrogen and oxygen atoms in total. The summed E-state index contributed by atoms with van der Waals surface area (Å²) in [6.45, 7) is 4.05. The summed E-state index contributed by atoms with van der Waals surface area (Å²) in [7, 11) is -1.04. The van der Waals surface area contributed by atoms with Crippen LogP contribution >= 0.6 is 0 Å². The summed E-state index contributed by atoms with van der Waals surface area (Å²) in [6.07, 6.45) is 1.06. The molecule has 1 amide bonds. The summed E-state index contributed by atoms with van der Waals surface area (Å²) in [5, 5.41) is 29.8. The molecule has 3 heterocycles. The predicted molar refractivity (Wildman–Crippen MR) is 116 cm³/mol. The monoisotopic (exact) mass is 454 g/mol. The van der Waals surface area contributed by atoms with E-state index in [0.29, 0.717) is 5.69 Å². The maximum atomic E-state index is 12.6. The van der Waals surface area contributed by atoms with Crippen LogP contribution < -0.4 is 14.8 Å². The topological polar surface area (TPSA) is 139 Å². The number of amides is 1. The van der Waals surface area contributed by atoms with Crippen molar-refractivity contribution in [2.24, 2.45) is 5.92 Å². The molecule has 172 valence electrons. The quantitative estimate of drug-likeness (QED) is 0.565. The highest BCUT2D eigenvalue weighted by atomic mass is 16.5. The van der Waals surface area contributed by atoms with Crippen molar-refractivity contribution in [1.29, 1.82) is 0 Å². The first-order chi connectivity index (χ1) is 15.7. The minimum absolute atomic E-state index is 0.0228. The molecule has 2 aliphatic heterocycles. The van der Waals surface area contributed by atoms with E-state index < -0.39 is 24.6 Å². The van der Waals surface area contributed by atoms with Crippen molar-refractivity contribution in [3.63, 3.8) is 0 Å². The largest absolute Gasteiger partial charge is 0.535 e. The molecule has 1 aromatic carbocycles. The molecule has 0 radical (unpaired) electrons. The summed E-state index contributed by atoms with van der Waals surface area (Å²) < 4.78 is 12.9. The van der Waals surface area contributed by atoms with Crippen LogP contribution in [-0.2, 0) is 11.3 Å². The molecule has 3 aliphatic rings. The third-order valence-electron chi connectivity index (χ3n) is 6.95. The zero-order valence-corrected chi connectivity index (χ0v) is 18.1. The Bertz CT molecular complexity index is 1220. The number of fused-ring (bicyclic) bond motifs is 3. The molecule has 1 saturated heterocycles. The second-order valence-electron chi connectivity index (χ2n) is 8.91. The summed E-state index contributed by atoms with van der Waals surface area (Å²) >= 11 is 0. The van der Waals surface area contributed by atoms with Gasteiger partial charge in [-0.2, -0.15) is 0 Å². The van der Waals surface area contributed by atoms with Crippen LogP contribution in [0.15, 0.2) is 29.2 Å². The number of carboxylic acid groups (broad SMARTS) is 1. The number of likely N-dealkylation sites (tertiary alicyclic amines) is 1. The van der Waals surface area contributed by atoms with Crippen molar-refractivity contribution in [2.45, 2.75) is 38.2 Å². The molecule has 11 heteroatoms. The molecule has 2 fully saturated rings. The van der Waals surface area contributed by atoms with Gasteiger partial charge in [-0.15, -0.1) is 0 Å². The highest BCUT2D eigenvalue weighted by molar-refractivity contribution is 6.48. The van der Waals surface area contributed by atoms with Crippen LogP contribution in [0, 0.1) is 12.8 Å². The minimum atomic E-state index is -1.21. The molecule has 2 unspecified atom stereocenters. The molecule has 2 aromatic rings. The van der Waals surface area contributed by atoms with E-state index in [1.165, 1.54) is 16.8 Å².